The lowest BCUT2D eigenvalue weighted by Crippen LogP contribution is -2.13. The summed E-state index contributed by atoms with van der Waals surface area (Å²) in [6.07, 6.45) is 2.01. The van der Waals surface area contributed by atoms with Crippen LogP contribution in [0.3, 0.4) is 0 Å². The Bertz CT molecular complexity index is 806. The molecule has 0 aliphatic heterocycles. The summed E-state index contributed by atoms with van der Waals surface area (Å²) in [6, 6.07) is 7.25. The molecular weight excluding hydrogens is 264 g/mol. The van der Waals surface area contributed by atoms with Crippen LogP contribution in [0.2, 0.25) is 5.15 Å². The second-order valence-electron chi connectivity index (χ2n) is 4.26. The number of benzene rings is 1. The molecule has 0 bridgehead atoms. The molecule has 0 unspecified atom stereocenters. The van der Waals surface area contributed by atoms with Gasteiger partial charge in [0.05, 0.1) is 23.5 Å². The van der Waals surface area contributed by atoms with Crippen molar-refractivity contribution in [1.82, 2.24) is 19.5 Å². The van der Waals surface area contributed by atoms with Crippen LogP contribution >= 0.6 is 11.6 Å². The third kappa shape index (κ3) is 2.13. The van der Waals surface area contributed by atoms with Crippen molar-refractivity contribution in [3.8, 4) is 0 Å². The van der Waals surface area contributed by atoms with Crippen LogP contribution in [-0.4, -0.2) is 19.5 Å². The summed E-state index contributed by atoms with van der Waals surface area (Å²) < 4.78 is 1.76. The largest absolute Gasteiger partial charge is 0.322 e. The molecule has 0 saturated carbocycles. The third-order valence-electron chi connectivity index (χ3n) is 3.02. The molecular formula is C13H11ClN4O. The first-order chi connectivity index (χ1) is 9.15. The van der Waals surface area contributed by atoms with E-state index in [0.29, 0.717) is 28.3 Å². The summed E-state index contributed by atoms with van der Waals surface area (Å²) in [5.41, 5.74) is 0.544. The molecule has 2 heterocycles. The molecule has 5 nitrogen and oxygen atoms in total. The molecule has 0 radical (unpaired) electrons. The van der Waals surface area contributed by atoms with Crippen LogP contribution in [0.15, 0.2) is 35.3 Å². The monoisotopic (exact) mass is 274 g/mol. The van der Waals surface area contributed by atoms with E-state index < -0.39 is 0 Å². The SMILES string of the molecule is Cn1c(Cl)cnc1Cc1nc2ccccc2c(=O)[nH]1. The van der Waals surface area contributed by atoms with Gasteiger partial charge in [0, 0.05) is 7.05 Å². The highest BCUT2D eigenvalue weighted by Crippen LogP contribution is 2.12. The Labute approximate surface area is 113 Å². The number of hydrogen-bond acceptors (Lipinski definition) is 3. The van der Waals surface area contributed by atoms with E-state index in [1.807, 2.05) is 25.2 Å². The molecule has 0 fully saturated rings. The standard InChI is InChI=1S/C13H11ClN4O/c1-18-10(14)7-15-12(18)6-11-16-9-5-3-2-4-8(9)13(19)17-11/h2-5,7H,6H2,1H3,(H,16,17,19). The Morgan fingerprint density at radius 1 is 1.37 bits per heavy atom. The number of halogens is 1. The van der Waals surface area contributed by atoms with E-state index in [2.05, 4.69) is 15.0 Å². The topological polar surface area (TPSA) is 63.6 Å². The molecule has 19 heavy (non-hydrogen) atoms. The predicted octanol–water partition coefficient (Wildman–Crippen LogP) is 1.90. The summed E-state index contributed by atoms with van der Waals surface area (Å²) >= 11 is 5.93. The molecule has 96 valence electrons. The first-order valence-corrected chi connectivity index (χ1v) is 6.17. The minimum atomic E-state index is -0.138. The van der Waals surface area contributed by atoms with E-state index in [1.54, 1.807) is 16.8 Å². The minimum absolute atomic E-state index is 0.138. The van der Waals surface area contributed by atoms with Crippen molar-refractivity contribution in [3.05, 3.63) is 57.6 Å². The van der Waals surface area contributed by atoms with Crippen LogP contribution in [0.5, 0.6) is 0 Å². The molecule has 0 atom stereocenters. The Morgan fingerprint density at radius 2 is 2.16 bits per heavy atom. The van der Waals surface area contributed by atoms with E-state index in [4.69, 9.17) is 11.6 Å². The number of nitrogens with zero attached hydrogens (tertiary/aromatic N) is 3. The number of aromatic nitrogens is 4. The lowest BCUT2D eigenvalue weighted by atomic mass is 10.2. The van der Waals surface area contributed by atoms with Crippen molar-refractivity contribution in [1.29, 1.82) is 0 Å². The summed E-state index contributed by atoms with van der Waals surface area (Å²) in [4.78, 5) is 23.3. The summed E-state index contributed by atoms with van der Waals surface area (Å²) in [6.45, 7) is 0. The van der Waals surface area contributed by atoms with E-state index in [1.165, 1.54) is 0 Å². The van der Waals surface area contributed by atoms with Crippen LogP contribution in [-0.2, 0) is 13.5 Å². The van der Waals surface area contributed by atoms with Gasteiger partial charge in [-0.05, 0) is 12.1 Å². The van der Waals surface area contributed by atoms with Crippen molar-refractivity contribution in [2.24, 2.45) is 7.05 Å². The quantitative estimate of drug-likeness (QED) is 0.776. The van der Waals surface area contributed by atoms with E-state index in [9.17, 15) is 4.79 Å². The van der Waals surface area contributed by atoms with E-state index in [-0.39, 0.29) is 5.56 Å². The maximum Gasteiger partial charge on any atom is 0.258 e. The highest BCUT2D eigenvalue weighted by atomic mass is 35.5. The molecule has 0 spiro atoms. The Hall–Kier alpha value is -2.14. The van der Waals surface area contributed by atoms with Gasteiger partial charge in [0.2, 0.25) is 0 Å². The lowest BCUT2D eigenvalue weighted by molar-refractivity contribution is 0.796. The Kier molecular flexibility index (Phi) is 2.83. The lowest BCUT2D eigenvalue weighted by Gasteiger charge is -2.03. The fourth-order valence-corrected chi connectivity index (χ4v) is 2.10. The average molecular weight is 275 g/mol. The van der Waals surface area contributed by atoms with Crippen molar-refractivity contribution in [2.45, 2.75) is 6.42 Å². The van der Waals surface area contributed by atoms with E-state index in [0.717, 1.165) is 5.82 Å². The molecule has 0 amide bonds. The highest BCUT2D eigenvalue weighted by Gasteiger charge is 2.09. The predicted molar refractivity (Wildman–Crippen MR) is 73.4 cm³/mol. The Balaban J connectivity index is 2.07. The normalized spacial score (nSPS) is 11.1. The zero-order valence-corrected chi connectivity index (χ0v) is 11.0. The molecule has 0 saturated heterocycles. The fraction of sp³-hybridized carbons (Fsp3) is 0.154. The molecule has 0 aliphatic rings. The first-order valence-electron chi connectivity index (χ1n) is 5.79. The van der Waals surface area contributed by atoms with E-state index >= 15 is 0 Å². The highest BCUT2D eigenvalue weighted by molar-refractivity contribution is 6.29. The van der Waals surface area contributed by atoms with Crippen LogP contribution < -0.4 is 5.56 Å². The van der Waals surface area contributed by atoms with Crippen molar-refractivity contribution in [2.75, 3.05) is 0 Å². The maximum absolute atomic E-state index is 11.9. The van der Waals surface area contributed by atoms with Crippen LogP contribution in [0.25, 0.3) is 10.9 Å². The van der Waals surface area contributed by atoms with Gasteiger partial charge >= 0.3 is 0 Å². The second kappa shape index (κ2) is 4.51. The van der Waals surface area contributed by atoms with Gasteiger partial charge in [-0.2, -0.15) is 0 Å². The molecule has 3 aromatic rings. The molecule has 1 N–H and O–H groups in total. The number of para-hydroxylation sites is 1. The number of imidazole rings is 1. The third-order valence-corrected chi connectivity index (χ3v) is 3.37. The first kappa shape index (κ1) is 11.9. The average Bonchev–Trinajstić information content (AvgIpc) is 2.71. The maximum atomic E-state index is 11.9. The van der Waals surface area contributed by atoms with Crippen molar-refractivity contribution < 1.29 is 0 Å². The van der Waals surface area contributed by atoms with Gasteiger partial charge < -0.3 is 9.55 Å². The number of H-pyrrole nitrogens is 1. The van der Waals surface area contributed by atoms with Gasteiger partial charge in [-0.25, -0.2) is 9.97 Å². The zero-order chi connectivity index (χ0) is 13.4. The minimum Gasteiger partial charge on any atom is -0.322 e. The van der Waals surface area contributed by atoms with Gasteiger partial charge in [0.1, 0.15) is 16.8 Å². The number of fused-ring (bicyclic) bond motifs is 1. The number of nitrogens with one attached hydrogen (secondary N) is 1. The molecule has 6 heteroatoms. The fourth-order valence-electron chi connectivity index (χ4n) is 1.96. The van der Waals surface area contributed by atoms with Crippen LogP contribution in [0.4, 0.5) is 0 Å². The number of rotatable bonds is 2. The zero-order valence-electron chi connectivity index (χ0n) is 10.2. The van der Waals surface area contributed by atoms with Crippen LogP contribution in [0.1, 0.15) is 11.6 Å². The number of aromatic amines is 1. The second-order valence-corrected chi connectivity index (χ2v) is 4.65. The molecule has 2 aromatic heterocycles. The smallest absolute Gasteiger partial charge is 0.258 e. The van der Waals surface area contributed by atoms with Crippen molar-refractivity contribution in [3.63, 3.8) is 0 Å². The van der Waals surface area contributed by atoms with Crippen LogP contribution in [0, 0.1) is 0 Å². The van der Waals surface area contributed by atoms with Gasteiger partial charge in [-0.1, -0.05) is 23.7 Å². The summed E-state index contributed by atoms with van der Waals surface area (Å²) in [5, 5.41) is 1.14. The Morgan fingerprint density at radius 3 is 2.89 bits per heavy atom. The van der Waals surface area contributed by atoms with Gasteiger partial charge in [-0.3, -0.25) is 4.79 Å². The molecule has 0 aliphatic carbocycles. The summed E-state index contributed by atoms with van der Waals surface area (Å²) in [7, 11) is 1.82. The van der Waals surface area contributed by atoms with Gasteiger partial charge in [0.25, 0.3) is 5.56 Å². The summed E-state index contributed by atoms with van der Waals surface area (Å²) in [5.74, 6) is 1.33. The molecule has 1 aromatic carbocycles. The number of hydrogen-bond donors (Lipinski definition) is 1. The van der Waals surface area contributed by atoms with Crippen molar-refractivity contribution >= 4 is 22.5 Å². The molecule has 3 rings (SSSR count). The van der Waals surface area contributed by atoms with Gasteiger partial charge in [0.15, 0.2) is 0 Å². The van der Waals surface area contributed by atoms with Gasteiger partial charge in [-0.15, -0.1) is 0 Å².